The highest BCUT2D eigenvalue weighted by molar-refractivity contribution is 5.79. The number of carbonyl (C=O) groups excluding carboxylic acids is 1. The van der Waals surface area contributed by atoms with E-state index < -0.39 is 11.5 Å². The molecule has 1 aliphatic rings. The average Bonchev–Trinajstić information content (AvgIpc) is 2.92. The Balaban J connectivity index is 1.89. The minimum atomic E-state index is -0.893. The van der Waals surface area contributed by atoms with Crippen molar-refractivity contribution in [1.29, 1.82) is 0 Å². The molecule has 1 saturated carbocycles. The topological polar surface area (TPSA) is 84.9 Å². The molecule has 2 N–H and O–H groups in total. The average molecular weight is 307 g/mol. The summed E-state index contributed by atoms with van der Waals surface area (Å²) in [5.41, 5.74) is -0.624. The number of carboxylic acid groups (broad SMARTS) is 1. The normalized spacial score (nSPS) is 16.0. The van der Waals surface area contributed by atoms with Crippen molar-refractivity contribution in [3.05, 3.63) is 24.3 Å². The van der Waals surface area contributed by atoms with E-state index in [0.717, 1.165) is 12.8 Å². The van der Waals surface area contributed by atoms with Crippen LogP contribution in [0.25, 0.3) is 0 Å². The number of ether oxygens (including phenoxy) is 2. The first-order valence-electron chi connectivity index (χ1n) is 7.33. The van der Waals surface area contributed by atoms with Crippen LogP contribution in [0.5, 0.6) is 11.5 Å². The monoisotopic (exact) mass is 307 g/mol. The molecule has 0 aromatic heterocycles. The van der Waals surface area contributed by atoms with Crippen molar-refractivity contribution in [3.8, 4) is 11.5 Å². The van der Waals surface area contributed by atoms with Gasteiger partial charge in [0.1, 0.15) is 11.5 Å². The van der Waals surface area contributed by atoms with E-state index in [0.29, 0.717) is 24.3 Å². The molecule has 0 atom stereocenters. The first-order valence-corrected chi connectivity index (χ1v) is 7.33. The number of hydrogen-bond acceptors (Lipinski definition) is 4. The molecule has 2 rings (SSSR count). The Kier molecular flexibility index (Phi) is 5.25. The fourth-order valence-electron chi connectivity index (χ4n) is 2.86. The molecule has 0 spiro atoms. The molecular weight excluding hydrogens is 286 g/mol. The van der Waals surface area contributed by atoms with E-state index in [1.807, 2.05) is 0 Å². The molecule has 0 bridgehead atoms. The predicted octanol–water partition coefficient (Wildman–Crippen LogP) is 1.98. The van der Waals surface area contributed by atoms with Crippen LogP contribution in [0.2, 0.25) is 0 Å². The molecule has 1 amide bonds. The summed E-state index contributed by atoms with van der Waals surface area (Å²) >= 11 is 0. The van der Waals surface area contributed by atoms with Crippen molar-refractivity contribution in [2.75, 3.05) is 13.7 Å². The van der Waals surface area contributed by atoms with Gasteiger partial charge in [-0.15, -0.1) is 0 Å². The van der Waals surface area contributed by atoms with Gasteiger partial charge in [-0.2, -0.15) is 0 Å². The summed E-state index contributed by atoms with van der Waals surface area (Å²) in [6.07, 6.45) is 3.22. The van der Waals surface area contributed by atoms with E-state index in [2.05, 4.69) is 5.32 Å². The van der Waals surface area contributed by atoms with E-state index in [-0.39, 0.29) is 18.9 Å². The Hall–Kier alpha value is -2.24. The van der Waals surface area contributed by atoms with Crippen LogP contribution in [0.15, 0.2) is 24.3 Å². The summed E-state index contributed by atoms with van der Waals surface area (Å²) in [4.78, 5) is 23.0. The van der Waals surface area contributed by atoms with Crippen LogP contribution in [-0.4, -0.2) is 36.2 Å². The molecule has 1 aliphatic carbocycles. The van der Waals surface area contributed by atoms with Crippen LogP contribution in [0.3, 0.4) is 0 Å². The minimum absolute atomic E-state index is 0.0438. The second-order valence-electron chi connectivity index (χ2n) is 5.57. The standard InChI is InChI=1S/C16H21NO5/c1-21-12-5-4-6-13(9-12)22-11-14(18)17-16(10-15(19)20)7-2-3-8-16/h4-6,9H,2-3,7-8,10-11H2,1H3,(H,17,18)(H,19,20). The van der Waals surface area contributed by atoms with Crippen molar-refractivity contribution in [1.82, 2.24) is 5.32 Å². The molecule has 0 unspecified atom stereocenters. The number of methoxy groups -OCH3 is 1. The van der Waals surface area contributed by atoms with Gasteiger partial charge in [0, 0.05) is 6.07 Å². The largest absolute Gasteiger partial charge is 0.497 e. The number of carbonyl (C=O) groups is 2. The summed E-state index contributed by atoms with van der Waals surface area (Å²) in [5.74, 6) is -0.00820. The number of benzene rings is 1. The lowest BCUT2D eigenvalue weighted by atomic mass is 9.93. The van der Waals surface area contributed by atoms with E-state index in [9.17, 15) is 9.59 Å². The highest BCUT2D eigenvalue weighted by Gasteiger charge is 2.37. The number of nitrogens with one attached hydrogen (secondary N) is 1. The number of rotatable bonds is 7. The summed E-state index contributed by atoms with van der Waals surface area (Å²) in [5, 5.41) is 11.9. The van der Waals surface area contributed by atoms with E-state index in [1.165, 1.54) is 0 Å². The smallest absolute Gasteiger partial charge is 0.305 e. The van der Waals surface area contributed by atoms with Gasteiger partial charge in [0.2, 0.25) is 0 Å². The molecule has 0 saturated heterocycles. The molecule has 1 aromatic carbocycles. The van der Waals surface area contributed by atoms with Crippen LogP contribution in [0, 0.1) is 0 Å². The van der Waals surface area contributed by atoms with Crippen LogP contribution in [-0.2, 0) is 9.59 Å². The first kappa shape index (κ1) is 16.1. The molecule has 120 valence electrons. The Morgan fingerprint density at radius 1 is 1.27 bits per heavy atom. The predicted molar refractivity (Wildman–Crippen MR) is 80.1 cm³/mol. The summed E-state index contributed by atoms with van der Waals surface area (Å²) < 4.78 is 10.5. The van der Waals surface area contributed by atoms with Crippen LogP contribution in [0.1, 0.15) is 32.1 Å². The van der Waals surface area contributed by atoms with Gasteiger partial charge in [-0.05, 0) is 25.0 Å². The van der Waals surface area contributed by atoms with Crippen molar-refractivity contribution in [2.45, 2.75) is 37.6 Å². The Bertz CT molecular complexity index is 537. The fourth-order valence-corrected chi connectivity index (χ4v) is 2.86. The third-order valence-corrected chi connectivity index (χ3v) is 3.87. The quantitative estimate of drug-likeness (QED) is 0.804. The zero-order valence-corrected chi connectivity index (χ0v) is 12.6. The van der Waals surface area contributed by atoms with E-state index >= 15 is 0 Å². The molecule has 0 aliphatic heterocycles. The van der Waals surface area contributed by atoms with E-state index in [4.69, 9.17) is 14.6 Å². The van der Waals surface area contributed by atoms with Gasteiger partial charge in [0.25, 0.3) is 5.91 Å². The van der Waals surface area contributed by atoms with Crippen LogP contribution < -0.4 is 14.8 Å². The Labute approximate surface area is 129 Å². The van der Waals surface area contributed by atoms with Crippen molar-refractivity contribution in [3.63, 3.8) is 0 Å². The fraction of sp³-hybridized carbons (Fsp3) is 0.500. The molecule has 22 heavy (non-hydrogen) atoms. The highest BCUT2D eigenvalue weighted by atomic mass is 16.5. The van der Waals surface area contributed by atoms with Crippen molar-refractivity contribution in [2.24, 2.45) is 0 Å². The number of carboxylic acids is 1. The lowest BCUT2D eigenvalue weighted by Crippen LogP contribution is -2.49. The second-order valence-corrected chi connectivity index (χ2v) is 5.57. The van der Waals surface area contributed by atoms with Gasteiger partial charge in [0.05, 0.1) is 19.1 Å². The summed E-state index contributed by atoms with van der Waals surface area (Å²) in [6.45, 7) is -0.144. The Morgan fingerprint density at radius 2 is 1.95 bits per heavy atom. The van der Waals surface area contributed by atoms with Gasteiger partial charge in [0.15, 0.2) is 6.61 Å². The lowest BCUT2D eigenvalue weighted by molar-refractivity contribution is -0.139. The van der Waals surface area contributed by atoms with E-state index in [1.54, 1.807) is 31.4 Å². The number of hydrogen-bond donors (Lipinski definition) is 2. The number of aliphatic carboxylic acids is 1. The van der Waals surface area contributed by atoms with Gasteiger partial charge in [-0.1, -0.05) is 18.9 Å². The zero-order chi connectivity index (χ0) is 16.0. The lowest BCUT2D eigenvalue weighted by Gasteiger charge is -2.28. The summed E-state index contributed by atoms with van der Waals surface area (Å²) in [7, 11) is 1.56. The molecule has 1 aromatic rings. The molecule has 1 fully saturated rings. The maximum atomic E-state index is 12.1. The third-order valence-electron chi connectivity index (χ3n) is 3.87. The van der Waals surface area contributed by atoms with Gasteiger partial charge in [-0.25, -0.2) is 0 Å². The molecule has 0 radical (unpaired) electrons. The maximum absolute atomic E-state index is 12.1. The highest BCUT2D eigenvalue weighted by Crippen LogP contribution is 2.32. The molecule has 6 heteroatoms. The summed E-state index contributed by atoms with van der Waals surface area (Å²) in [6, 6.07) is 6.98. The zero-order valence-electron chi connectivity index (χ0n) is 12.6. The van der Waals surface area contributed by atoms with Crippen molar-refractivity contribution >= 4 is 11.9 Å². The Morgan fingerprint density at radius 3 is 2.59 bits per heavy atom. The number of amides is 1. The maximum Gasteiger partial charge on any atom is 0.305 e. The third kappa shape index (κ3) is 4.38. The molecule has 6 nitrogen and oxygen atoms in total. The van der Waals surface area contributed by atoms with Gasteiger partial charge in [-0.3, -0.25) is 9.59 Å². The van der Waals surface area contributed by atoms with Gasteiger partial charge < -0.3 is 19.9 Å². The van der Waals surface area contributed by atoms with Crippen molar-refractivity contribution < 1.29 is 24.2 Å². The van der Waals surface area contributed by atoms with Crippen LogP contribution >= 0.6 is 0 Å². The van der Waals surface area contributed by atoms with Gasteiger partial charge >= 0.3 is 5.97 Å². The first-order chi connectivity index (χ1) is 10.5. The molecular formula is C16H21NO5. The molecule has 0 heterocycles. The SMILES string of the molecule is COc1cccc(OCC(=O)NC2(CC(=O)O)CCCC2)c1. The second kappa shape index (κ2) is 7.15. The van der Waals surface area contributed by atoms with Crippen LogP contribution in [0.4, 0.5) is 0 Å². The minimum Gasteiger partial charge on any atom is -0.497 e.